The third kappa shape index (κ3) is 4.36. The van der Waals surface area contributed by atoms with Gasteiger partial charge in [-0.05, 0) is 38.4 Å². The lowest BCUT2D eigenvalue weighted by atomic mass is 10.0. The highest BCUT2D eigenvalue weighted by molar-refractivity contribution is 5.94. The Bertz CT molecular complexity index is 1090. The zero-order chi connectivity index (χ0) is 20.9. The molecule has 0 radical (unpaired) electrons. The highest BCUT2D eigenvalue weighted by atomic mass is 16.6. The first-order valence-corrected chi connectivity index (χ1v) is 10.4. The summed E-state index contributed by atoms with van der Waals surface area (Å²) in [4.78, 5) is 28.9. The monoisotopic (exact) mass is 407 g/mol. The quantitative estimate of drug-likeness (QED) is 0.357. The SMILES string of the molecule is O=c1[nH]c(-c2ccccc2)c(OCCCN2CCCCC2)c2cc([N+](=O)[O-])ccc12. The molecule has 2 heterocycles. The lowest BCUT2D eigenvalue weighted by Gasteiger charge is -2.26. The fourth-order valence-electron chi connectivity index (χ4n) is 4.01. The van der Waals surface area contributed by atoms with Gasteiger partial charge in [0.25, 0.3) is 11.2 Å². The number of fused-ring (bicyclic) bond motifs is 1. The normalized spacial score (nSPS) is 14.7. The van der Waals surface area contributed by atoms with Crippen molar-refractivity contribution in [3.05, 3.63) is 69.0 Å². The molecule has 0 amide bonds. The van der Waals surface area contributed by atoms with Gasteiger partial charge >= 0.3 is 0 Å². The van der Waals surface area contributed by atoms with E-state index in [9.17, 15) is 14.9 Å². The topological polar surface area (TPSA) is 88.5 Å². The average Bonchev–Trinajstić information content (AvgIpc) is 2.78. The van der Waals surface area contributed by atoms with Crippen LogP contribution >= 0.6 is 0 Å². The molecule has 7 nitrogen and oxygen atoms in total. The number of aromatic nitrogens is 1. The maximum absolute atomic E-state index is 12.7. The molecule has 0 saturated carbocycles. The van der Waals surface area contributed by atoms with Crippen molar-refractivity contribution in [1.29, 1.82) is 0 Å². The van der Waals surface area contributed by atoms with Crippen molar-refractivity contribution < 1.29 is 9.66 Å². The van der Waals surface area contributed by atoms with Crippen LogP contribution < -0.4 is 10.3 Å². The molecule has 4 rings (SSSR count). The molecule has 1 N–H and O–H groups in total. The van der Waals surface area contributed by atoms with Crippen molar-refractivity contribution in [1.82, 2.24) is 9.88 Å². The summed E-state index contributed by atoms with van der Waals surface area (Å²) in [6, 6.07) is 13.7. The smallest absolute Gasteiger partial charge is 0.270 e. The Hall–Kier alpha value is -3.19. The molecular formula is C23H25N3O4. The Labute approximate surface area is 174 Å². The lowest BCUT2D eigenvalue weighted by molar-refractivity contribution is -0.384. The lowest BCUT2D eigenvalue weighted by Crippen LogP contribution is -2.31. The van der Waals surface area contributed by atoms with Crippen LogP contribution in [0.4, 0.5) is 5.69 Å². The molecular weight excluding hydrogens is 382 g/mol. The third-order valence-electron chi connectivity index (χ3n) is 5.55. The van der Waals surface area contributed by atoms with Crippen molar-refractivity contribution >= 4 is 16.5 Å². The number of nitrogens with one attached hydrogen (secondary N) is 1. The van der Waals surface area contributed by atoms with Crippen LogP contribution in [0.1, 0.15) is 25.7 Å². The van der Waals surface area contributed by atoms with E-state index in [4.69, 9.17) is 4.74 Å². The van der Waals surface area contributed by atoms with Gasteiger partial charge in [-0.1, -0.05) is 36.8 Å². The Morgan fingerprint density at radius 1 is 1.03 bits per heavy atom. The Kier molecular flexibility index (Phi) is 6.09. The minimum Gasteiger partial charge on any atom is -0.491 e. The fourth-order valence-corrected chi connectivity index (χ4v) is 4.01. The van der Waals surface area contributed by atoms with E-state index in [-0.39, 0.29) is 11.2 Å². The van der Waals surface area contributed by atoms with Gasteiger partial charge in [0.2, 0.25) is 0 Å². The predicted molar refractivity (Wildman–Crippen MR) is 117 cm³/mol. The number of benzene rings is 2. The minimum absolute atomic E-state index is 0.0646. The number of H-pyrrole nitrogens is 1. The maximum Gasteiger partial charge on any atom is 0.270 e. The van der Waals surface area contributed by atoms with Crippen LogP contribution in [0.25, 0.3) is 22.0 Å². The van der Waals surface area contributed by atoms with Crippen LogP contribution in [0.5, 0.6) is 5.75 Å². The largest absolute Gasteiger partial charge is 0.491 e. The summed E-state index contributed by atoms with van der Waals surface area (Å²) < 4.78 is 6.17. The molecule has 0 spiro atoms. The second-order valence-electron chi connectivity index (χ2n) is 7.62. The third-order valence-corrected chi connectivity index (χ3v) is 5.55. The van der Waals surface area contributed by atoms with Gasteiger partial charge < -0.3 is 14.6 Å². The Morgan fingerprint density at radius 2 is 1.80 bits per heavy atom. The first kappa shape index (κ1) is 20.1. The number of rotatable bonds is 7. The molecule has 0 atom stereocenters. The summed E-state index contributed by atoms with van der Waals surface area (Å²) in [5.41, 5.74) is 0.991. The van der Waals surface area contributed by atoms with Gasteiger partial charge in [0.05, 0.1) is 22.6 Å². The van der Waals surface area contributed by atoms with Crippen LogP contribution in [0, 0.1) is 10.1 Å². The number of piperidine rings is 1. The second-order valence-corrected chi connectivity index (χ2v) is 7.62. The molecule has 0 unspecified atom stereocenters. The molecule has 0 bridgehead atoms. The number of aromatic amines is 1. The number of nitro benzene ring substituents is 1. The predicted octanol–water partition coefficient (Wildman–Crippen LogP) is 4.36. The van der Waals surface area contributed by atoms with Crippen LogP contribution in [0.2, 0.25) is 0 Å². The second kappa shape index (κ2) is 9.09. The molecule has 7 heteroatoms. The van der Waals surface area contributed by atoms with Crippen molar-refractivity contribution in [3.63, 3.8) is 0 Å². The molecule has 30 heavy (non-hydrogen) atoms. The zero-order valence-electron chi connectivity index (χ0n) is 16.8. The minimum atomic E-state index is -0.455. The van der Waals surface area contributed by atoms with E-state index >= 15 is 0 Å². The van der Waals surface area contributed by atoms with Gasteiger partial charge in [-0.15, -0.1) is 0 Å². The summed E-state index contributed by atoms with van der Waals surface area (Å²) >= 11 is 0. The number of hydrogen-bond donors (Lipinski definition) is 1. The van der Waals surface area contributed by atoms with E-state index in [1.54, 1.807) is 0 Å². The molecule has 1 saturated heterocycles. The van der Waals surface area contributed by atoms with E-state index in [1.807, 2.05) is 30.3 Å². The Morgan fingerprint density at radius 3 is 2.53 bits per heavy atom. The maximum atomic E-state index is 12.7. The first-order chi connectivity index (χ1) is 14.6. The molecule has 1 fully saturated rings. The number of nitrogens with zero attached hydrogens (tertiary/aromatic N) is 2. The molecule has 0 aliphatic carbocycles. The van der Waals surface area contributed by atoms with Gasteiger partial charge in [-0.25, -0.2) is 0 Å². The van der Waals surface area contributed by atoms with Gasteiger partial charge in [0.15, 0.2) is 5.75 Å². The number of non-ortho nitro benzene ring substituents is 1. The summed E-state index contributed by atoms with van der Waals surface area (Å²) in [6.07, 6.45) is 4.64. The van der Waals surface area contributed by atoms with Gasteiger partial charge in [-0.3, -0.25) is 14.9 Å². The molecule has 156 valence electrons. The molecule has 3 aromatic rings. The van der Waals surface area contributed by atoms with Crippen LogP contribution in [-0.2, 0) is 0 Å². The first-order valence-electron chi connectivity index (χ1n) is 10.4. The molecule has 1 aromatic heterocycles. The van der Waals surface area contributed by atoms with E-state index < -0.39 is 4.92 Å². The number of nitro groups is 1. The summed E-state index contributed by atoms with van der Waals surface area (Å²) in [5, 5.41) is 12.1. The number of hydrogen-bond acceptors (Lipinski definition) is 5. The van der Waals surface area contributed by atoms with E-state index in [0.717, 1.165) is 31.6 Å². The van der Waals surface area contributed by atoms with Crippen LogP contribution in [-0.4, -0.2) is 41.0 Å². The fraction of sp³-hybridized carbons (Fsp3) is 0.348. The summed E-state index contributed by atoms with van der Waals surface area (Å²) in [6.45, 7) is 3.69. The zero-order valence-corrected chi connectivity index (χ0v) is 16.8. The van der Waals surface area contributed by atoms with Crippen molar-refractivity contribution in [2.45, 2.75) is 25.7 Å². The van der Waals surface area contributed by atoms with Gasteiger partial charge in [0.1, 0.15) is 0 Å². The highest BCUT2D eigenvalue weighted by Crippen LogP contribution is 2.35. The van der Waals surface area contributed by atoms with Crippen LogP contribution in [0.3, 0.4) is 0 Å². The standard InChI is InChI=1S/C23H25N3O4/c27-23-19-11-10-18(26(28)29)16-20(19)22(21(24-23)17-8-3-1-4-9-17)30-15-7-14-25-12-5-2-6-13-25/h1,3-4,8-11,16H,2,5-7,12-15H2,(H,24,27). The average molecular weight is 407 g/mol. The Balaban J connectivity index is 1.68. The van der Waals surface area contributed by atoms with E-state index in [1.165, 1.54) is 37.5 Å². The van der Waals surface area contributed by atoms with Gasteiger partial charge in [-0.2, -0.15) is 0 Å². The number of likely N-dealkylation sites (tertiary alicyclic amines) is 1. The number of ether oxygens (including phenoxy) is 1. The van der Waals surface area contributed by atoms with Crippen molar-refractivity contribution in [3.8, 4) is 17.0 Å². The van der Waals surface area contributed by atoms with Crippen molar-refractivity contribution in [2.24, 2.45) is 0 Å². The van der Waals surface area contributed by atoms with E-state index in [2.05, 4.69) is 9.88 Å². The summed E-state index contributed by atoms with van der Waals surface area (Å²) in [7, 11) is 0. The van der Waals surface area contributed by atoms with E-state index in [0.29, 0.717) is 28.8 Å². The highest BCUT2D eigenvalue weighted by Gasteiger charge is 2.18. The molecule has 1 aliphatic rings. The number of pyridine rings is 1. The summed E-state index contributed by atoms with van der Waals surface area (Å²) in [5.74, 6) is 0.484. The molecule has 1 aliphatic heterocycles. The van der Waals surface area contributed by atoms with Crippen molar-refractivity contribution in [2.75, 3.05) is 26.2 Å². The van der Waals surface area contributed by atoms with Gasteiger partial charge in [0, 0.05) is 29.6 Å². The molecule has 2 aromatic carbocycles. The van der Waals surface area contributed by atoms with Crippen LogP contribution in [0.15, 0.2) is 53.3 Å².